The molecular formula is C15H24N4O. The van der Waals surface area contributed by atoms with Gasteiger partial charge in [-0.05, 0) is 31.5 Å². The minimum absolute atomic E-state index is 0.0623. The highest BCUT2D eigenvalue weighted by atomic mass is 16.2. The molecule has 1 amide bonds. The molecule has 2 heterocycles. The van der Waals surface area contributed by atoms with Crippen molar-refractivity contribution in [2.75, 3.05) is 39.0 Å². The standard InChI is InChI=1S/C15H24N4O/c1-4-9-19-10-8-12(11-19)16-14-7-5-6-13(17-14)15(20)18(2)3/h5-7,12H,4,8-11H2,1-3H3,(H,16,17). The molecule has 1 aromatic rings. The zero-order valence-corrected chi connectivity index (χ0v) is 12.6. The predicted molar refractivity (Wildman–Crippen MR) is 81.0 cm³/mol. The van der Waals surface area contributed by atoms with Crippen LogP contribution in [0.15, 0.2) is 18.2 Å². The SMILES string of the molecule is CCCN1CCC(Nc2cccc(C(=O)N(C)C)n2)C1. The normalized spacial score (nSPS) is 19.1. The molecule has 1 unspecified atom stereocenters. The smallest absolute Gasteiger partial charge is 0.272 e. The summed E-state index contributed by atoms with van der Waals surface area (Å²) in [5, 5.41) is 3.44. The van der Waals surface area contributed by atoms with Gasteiger partial charge in [-0.2, -0.15) is 0 Å². The van der Waals surface area contributed by atoms with E-state index in [0.717, 1.165) is 31.9 Å². The molecule has 1 atom stereocenters. The summed E-state index contributed by atoms with van der Waals surface area (Å²) in [6.45, 7) is 5.56. The van der Waals surface area contributed by atoms with Crippen molar-refractivity contribution in [3.63, 3.8) is 0 Å². The molecule has 1 N–H and O–H groups in total. The monoisotopic (exact) mass is 276 g/mol. The largest absolute Gasteiger partial charge is 0.366 e. The van der Waals surface area contributed by atoms with E-state index in [0.29, 0.717) is 11.7 Å². The van der Waals surface area contributed by atoms with E-state index in [1.165, 1.54) is 6.42 Å². The van der Waals surface area contributed by atoms with Crippen molar-refractivity contribution in [1.82, 2.24) is 14.8 Å². The molecule has 2 rings (SSSR count). The number of carbonyl (C=O) groups excluding carboxylic acids is 1. The van der Waals surface area contributed by atoms with Gasteiger partial charge in [0.05, 0.1) is 0 Å². The maximum absolute atomic E-state index is 11.9. The van der Waals surface area contributed by atoms with Gasteiger partial charge in [-0.15, -0.1) is 0 Å². The van der Waals surface area contributed by atoms with Crippen LogP contribution in [0, 0.1) is 0 Å². The van der Waals surface area contributed by atoms with Gasteiger partial charge in [0.2, 0.25) is 0 Å². The summed E-state index contributed by atoms with van der Waals surface area (Å²) >= 11 is 0. The minimum atomic E-state index is -0.0623. The number of pyridine rings is 1. The molecule has 20 heavy (non-hydrogen) atoms. The third kappa shape index (κ3) is 3.70. The number of hydrogen-bond donors (Lipinski definition) is 1. The number of anilines is 1. The van der Waals surface area contributed by atoms with E-state index in [-0.39, 0.29) is 5.91 Å². The van der Waals surface area contributed by atoms with E-state index in [9.17, 15) is 4.79 Å². The molecule has 0 spiro atoms. The number of hydrogen-bond acceptors (Lipinski definition) is 4. The summed E-state index contributed by atoms with van der Waals surface area (Å²) in [7, 11) is 3.48. The number of likely N-dealkylation sites (tertiary alicyclic amines) is 1. The molecule has 0 bridgehead atoms. The Bertz CT molecular complexity index is 461. The second-order valence-electron chi connectivity index (χ2n) is 5.54. The van der Waals surface area contributed by atoms with E-state index in [1.807, 2.05) is 12.1 Å². The van der Waals surface area contributed by atoms with Gasteiger partial charge in [0.25, 0.3) is 5.91 Å². The minimum Gasteiger partial charge on any atom is -0.366 e. The van der Waals surface area contributed by atoms with Crippen LogP contribution in [0.25, 0.3) is 0 Å². The number of nitrogens with one attached hydrogen (secondary N) is 1. The van der Waals surface area contributed by atoms with Gasteiger partial charge in [0.1, 0.15) is 11.5 Å². The molecule has 1 aliphatic rings. The fourth-order valence-corrected chi connectivity index (χ4v) is 2.54. The van der Waals surface area contributed by atoms with Crippen LogP contribution in [-0.4, -0.2) is 60.5 Å². The first kappa shape index (κ1) is 14.8. The van der Waals surface area contributed by atoms with Crippen molar-refractivity contribution in [3.05, 3.63) is 23.9 Å². The molecule has 1 aromatic heterocycles. The first-order chi connectivity index (χ1) is 9.60. The molecule has 0 radical (unpaired) electrons. The molecule has 5 nitrogen and oxygen atoms in total. The Hall–Kier alpha value is -1.62. The quantitative estimate of drug-likeness (QED) is 0.889. The van der Waals surface area contributed by atoms with Gasteiger partial charge in [-0.1, -0.05) is 13.0 Å². The van der Waals surface area contributed by atoms with E-state index in [1.54, 1.807) is 25.1 Å². The van der Waals surface area contributed by atoms with E-state index < -0.39 is 0 Å². The summed E-state index contributed by atoms with van der Waals surface area (Å²) in [4.78, 5) is 20.3. The van der Waals surface area contributed by atoms with Crippen molar-refractivity contribution in [2.45, 2.75) is 25.8 Å². The van der Waals surface area contributed by atoms with Crippen molar-refractivity contribution < 1.29 is 4.79 Å². The second kappa shape index (κ2) is 6.70. The highest BCUT2D eigenvalue weighted by molar-refractivity contribution is 5.92. The number of nitrogens with zero attached hydrogens (tertiary/aromatic N) is 3. The molecular weight excluding hydrogens is 252 g/mol. The van der Waals surface area contributed by atoms with E-state index >= 15 is 0 Å². The topological polar surface area (TPSA) is 48.5 Å². The molecule has 0 aliphatic carbocycles. The number of aromatic nitrogens is 1. The molecule has 0 aromatic carbocycles. The first-order valence-corrected chi connectivity index (χ1v) is 7.27. The van der Waals surface area contributed by atoms with Crippen LogP contribution < -0.4 is 5.32 Å². The Morgan fingerprint density at radius 3 is 3.00 bits per heavy atom. The number of amides is 1. The van der Waals surface area contributed by atoms with Crippen LogP contribution in [-0.2, 0) is 0 Å². The highest BCUT2D eigenvalue weighted by Gasteiger charge is 2.22. The average molecular weight is 276 g/mol. The molecule has 110 valence electrons. The maximum atomic E-state index is 11.9. The Morgan fingerprint density at radius 1 is 1.50 bits per heavy atom. The fourth-order valence-electron chi connectivity index (χ4n) is 2.54. The Labute approximate surface area is 121 Å². The third-order valence-electron chi connectivity index (χ3n) is 3.54. The van der Waals surface area contributed by atoms with Gasteiger partial charge in [-0.3, -0.25) is 4.79 Å². The fraction of sp³-hybridized carbons (Fsp3) is 0.600. The Morgan fingerprint density at radius 2 is 2.30 bits per heavy atom. The molecule has 1 aliphatic heterocycles. The highest BCUT2D eigenvalue weighted by Crippen LogP contribution is 2.15. The van der Waals surface area contributed by atoms with Gasteiger partial charge in [0, 0.05) is 33.2 Å². The lowest BCUT2D eigenvalue weighted by atomic mass is 10.2. The maximum Gasteiger partial charge on any atom is 0.272 e. The summed E-state index contributed by atoms with van der Waals surface area (Å²) in [6.07, 6.45) is 2.32. The van der Waals surface area contributed by atoms with Gasteiger partial charge in [0.15, 0.2) is 0 Å². The van der Waals surface area contributed by atoms with Crippen LogP contribution in [0.5, 0.6) is 0 Å². The van der Waals surface area contributed by atoms with Crippen molar-refractivity contribution in [2.24, 2.45) is 0 Å². The molecule has 1 fully saturated rings. The first-order valence-electron chi connectivity index (χ1n) is 7.27. The number of rotatable bonds is 5. The Balaban J connectivity index is 1.97. The molecule has 0 saturated carbocycles. The van der Waals surface area contributed by atoms with Gasteiger partial charge < -0.3 is 15.1 Å². The zero-order valence-electron chi connectivity index (χ0n) is 12.6. The van der Waals surface area contributed by atoms with Gasteiger partial charge in [-0.25, -0.2) is 4.98 Å². The lowest BCUT2D eigenvalue weighted by Gasteiger charge is -2.16. The van der Waals surface area contributed by atoms with Crippen LogP contribution in [0.1, 0.15) is 30.3 Å². The summed E-state index contributed by atoms with van der Waals surface area (Å²) in [6, 6.07) is 5.99. The van der Waals surface area contributed by atoms with E-state index in [4.69, 9.17) is 0 Å². The predicted octanol–water partition coefficient (Wildman–Crippen LogP) is 1.68. The van der Waals surface area contributed by atoms with Crippen LogP contribution in [0.4, 0.5) is 5.82 Å². The third-order valence-corrected chi connectivity index (χ3v) is 3.54. The Kier molecular flexibility index (Phi) is 4.95. The summed E-state index contributed by atoms with van der Waals surface area (Å²) in [5.41, 5.74) is 0.489. The zero-order chi connectivity index (χ0) is 14.5. The number of carbonyl (C=O) groups is 1. The van der Waals surface area contributed by atoms with E-state index in [2.05, 4.69) is 22.1 Å². The second-order valence-corrected chi connectivity index (χ2v) is 5.54. The lowest BCUT2D eigenvalue weighted by Crippen LogP contribution is -2.27. The summed E-state index contributed by atoms with van der Waals surface area (Å²) < 4.78 is 0. The van der Waals surface area contributed by atoms with Crippen LogP contribution >= 0.6 is 0 Å². The molecule has 1 saturated heterocycles. The van der Waals surface area contributed by atoms with Crippen LogP contribution in [0.3, 0.4) is 0 Å². The van der Waals surface area contributed by atoms with Gasteiger partial charge >= 0.3 is 0 Å². The molecule has 5 heteroatoms. The van der Waals surface area contributed by atoms with Crippen LogP contribution in [0.2, 0.25) is 0 Å². The van der Waals surface area contributed by atoms with Crippen molar-refractivity contribution in [3.8, 4) is 0 Å². The lowest BCUT2D eigenvalue weighted by molar-refractivity contribution is 0.0822. The average Bonchev–Trinajstić information content (AvgIpc) is 2.86. The van der Waals surface area contributed by atoms with Crippen molar-refractivity contribution in [1.29, 1.82) is 0 Å². The van der Waals surface area contributed by atoms with Crippen molar-refractivity contribution >= 4 is 11.7 Å². The summed E-state index contributed by atoms with van der Waals surface area (Å²) in [5.74, 6) is 0.730.